The van der Waals surface area contributed by atoms with Crippen LogP contribution in [0.4, 0.5) is 11.4 Å². The standard InChI is InChI=1S/C24H25ClN2O4S/c1-4-31-20-12-14-21(15-13-20)32(29,30)27(19-10-8-17(2)9-11-19)16-24(28)26-23-7-5-6-22(25)18(23)3/h5-15H,4,16H2,1-3H3,(H,26,28). The summed E-state index contributed by atoms with van der Waals surface area (Å²) in [6.45, 7) is 5.62. The number of carbonyl (C=O) groups is 1. The minimum Gasteiger partial charge on any atom is -0.494 e. The molecule has 168 valence electrons. The lowest BCUT2D eigenvalue weighted by atomic mass is 10.2. The largest absolute Gasteiger partial charge is 0.494 e. The Hall–Kier alpha value is -3.03. The average Bonchev–Trinajstić information content (AvgIpc) is 2.76. The number of hydrogen-bond acceptors (Lipinski definition) is 4. The van der Waals surface area contributed by atoms with Crippen LogP contribution in [0.25, 0.3) is 0 Å². The summed E-state index contributed by atoms with van der Waals surface area (Å²) < 4.78 is 33.5. The maximum absolute atomic E-state index is 13.5. The van der Waals surface area contributed by atoms with E-state index in [1.807, 2.05) is 13.8 Å². The number of anilines is 2. The molecule has 0 spiro atoms. The van der Waals surface area contributed by atoms with Crippen LogP contribution in [0.3, 0.4) is 0 Å². The van der Waals surface area contributed by atoms with Crippen molar-refractivity contribution in [3.63, 3.8) is 0 Å². The highest BCUT2D eigenvalue weighted by atomic mass is 35.5. The van der Waals surface area contributed by atoms with Crippen molar-refractivity contribution >= 4 is 38.9 Å². The van der Waals surface area contributed by atoms with Crippen LogP contribution in [-0.2, 0) is 14.8 Å². The molecule has 3 aromatic carbocycles. The number of carbonyl (C=O) groups excluding carboxylic acids is 1. The van der Waals surface area contributed by atoms with Crippen molar-refractivity contribution < 1.29 is 17.9 Å². The van der Waals surface area contributed by atoms with Crippen molar-refractivity contribution in [3.05, 3.63) is 82.9 Å². The van der Waals surface area contributed by atoms with E-state index in [2.05, 4.69) is 5.32 Å². The summed E-state index contributed by atoms with van der Waals surface area (Å²) >= 11 is 6.13. The maximum atomic E-state index is 13.5. The molecule has 3 aromatic rings. The average molecular weight is 473 g/mol. The number of halogens is 1. The van der Waals surface area contributed by atoms with Gasteiger partial charge >= 0.3 is 0 Å². The van der Waals surface area contributed by atoms with Crippen LogP contribution in [-0.4, -0.2) is 27.5 Å². The van der Waals surface area contributed by atoms with Gasteiger partial charge in [0.2, 0.25) is 5.91 Å². The first-order valence-electron chi connectivity index (χ1n) is 10.1. The molecule has 0 radical (unpaired) electrons. The lowest BCUT2D eigenvalue weighted by Crippen LogP contribution is -2.38. The molecule has 1 N–H and O–H groups in total. The Morgan fingerprint density at radius 3 is 2.28 bits per heavy atom. The zero-order valence-corrected chi connectivity index (χ0v) is 19.7. The molecular formula is C24H25ClN2O4S. The van der Waals surface area contributed by atoms with Crippen LogP contribution < -0.4 is 14.4 Å². The van der Waals surface area contributed by atoms with Gasteiger partial charge in [0.05, 0.1) is 17.2 Å². The number of amides is 1. The predicted octanol–water partition coefficient (Wildman–Crippen LogP) is 5.19. The Morgan fingerprint density at radius 1 is 1.00 bits per heavy atom. The molecule has 0 aromatic heterocycles. The number of rotatable bonds is 8. The molecule has 0 aliphatic rings. The van der Waals surface area contributed by atoms with E-state index >= 15 is 0 Å². The molecule has 0 saturated carbocycles. The highest BCUT2D eigenvalue weighted by Gasteiger charge is 2.27. The van der Waals surface area contributed by atoms with Crippen LogP contribution in [0.5, 0.6) is 5.75 Å². The van der Waals surface area contributed by atoms with Crippen LogP contribution in [0.15, 0.2) is 71.6 Å². The molecule has 0 bridgehead atoms. The van der Waals surface area contributed by atoms with Gasteiger partial charge in [0.15, 0.2) is 0 Å². The monoisotopic (exact) mass is 472 g/mol. The summed E-state index contributed by atoms with van der Waals surface area (Å²) in [5.74, 6) is 0.0907. The number of aryl methyl sites for hydroxylation is 1. The normalized spacial score (nSPS) is 11.1. The number of nitrogens with zero attached hydrogens (tertiary/aromatic N) is 1. The zero-order valence-electron chi connectivity index (χ0n) is 18.1. The van der Waals surface area contributed by atoms with Crippen LogP contribution in [0.1, 0.15) is 18.1 Å². The topological polar surface area (TPSA) is 75.7 Å². The van der Waals surface area contributed by atoms with E-state index in [4.69, 9.17) is 16.3 Å². The number of nitrogens with one attached hydrogen (secondary N) is 1. The van der Waals surface area contributed by atoms with Crippen LogP contribution in [0.2, 0.25) is 5.02 Å². The summed E-state index contributed by atoms with van der Waals surface area (Å²) in [5.41, 5.74) is 2.61. The van der Waals surface area contributed by atoms with Gasteiger partial charge in [-0.05, 0) is 74.9 Å². The van der Waals surface area contributed by atoms with E-state index < -0.39 is 22.5 Å². The second kappa shape index (κ2) is 10.1. The summed E-state index contributed by atoms with van der Waals surface area (Å²) in [6, 6.07) is 18.3. The molecule has 0 atom stereocenters. The van der Waals surface area contributed by atoms with E-state index in [-0.39, 0.29) is 4.90 Å². The van der Waals surface area contributed by atoms with Gasteiger partial charge in [-0.1, -0.05) is 35.4 Å². The second-order valence-electron chi connectivity index (χ2n) is 7.21. The lowest BCUT2D eigenvalue weighted by Gasteiger charge is -2.24. The van der Waals surface area contributed by atoms with Crippen molar-refractivity contribution in [2.45, 2.75) is 25.7 Å². The Labute approximate surface area is 193 Å². The van der Waals surface area contributed by atoms with Crippen molar-refractivity contribution in [3.8, 4) is 5.75 Å². The van der Waals surface area contributed by atoms with Gasteiger partial charge in [-0.2, -0.15) is 0 Å². The van der Waals surface area contributed by atoms with Gasteiger partial charge in [-0.25, -0.2) is 8.42 Å². The van der Waals surface area contributed by atoms with E-state index in [0.717, 1.165) is 9.87 Å². The highest BCUT2D eigenvalue weighted by molar-refractivity contribution is 7.92. The second-order valence-corrected chi connectivity index (χ2v) is 9.48. The van der Waals surface area contributed by atoms with Gasteiger partial charge in [-0.3, -0.25) is 9.10 Å². The molecule has 0 fully saturated rings. The molecule has 0 aliphatic heterocycles. The number of ether oxygens (including phenoxy) is 1. The molecule has 8 heteroatoms. The van der Waals surface area contributed by atoms with Crippen molar-refractivity contribution in [2.75, 3.05) is 22.8 Å². The molecule has 1 amide bonds. The molecule has 32 heavy (non-hydrogen) atoms. The Morgan fingerprint density at radius 2 is 1.66 bits per heavy atom. The third-order valence-corrected chi connectivity index (χ3v) is 7.07. The fraction of sp³-hybridized carbons (Fsp3) is 0.208. The van der Waals surface area contributed by atoms with Crippen molar-refractivity contribution in [1.82, 2.24) is 0 Å². The first-order valence-corrected chi connectivity index (χ1v) is 11.9. The molecule has 0 saturated heterocycles. The predicted molar refractivity (Wildman–Crippen MR) is 128 cm³/mol. The summed E-state index contributed by atoms with van der Waals surface area (Å²) in [6.07, 6.45) is 0. The fourth-order valence-corrected chi connectivity index (χ4v) is 4.69. The van der Waals surface area contributed by atoms with E-state index in [1.54, 1.807) is 61.5 Å². The maximum Gasteiger partial charge on any atom is 0.264 e. The smallest absolute Gasteiger partial charge is 0.264 e. The molecule has 3 rings (SSSR count). The van der Waals surface area contributed by atoms with Gasteiger partial charge in [-0.15, -0.1) is 0 Å². The van der Waals surface area contributed by atoms with E-state index in [1.165, 1.54) is 12.1 Å². The van der Waals surface area contributed by atoms with E-state index in [9.17, 15) is 13.2 Å². The first kappa shape index (κ1) is 23.6. The quantitative estimate of drug-likeness (QED) is 0.489. The fourth-order valence-electron chi connectivity index (χ4n) is 3.09. The van der Waals surface area contributed by atoms with Crippen LogP contribution in [0, 0.1) is 13.8 Å². The van der Waals surface area contributed by atoms with Gasteiger partial charge in [0.25, 0.3) is 10.0 Å². The van der Waals surface area contributed by atoms with Crippen molar-refractivity contribution in [2.24, 2.45) is 0 Å². The van der Waals surface area contributed by atoms with Gasteiger partial charge in [0.1, 0.15) is 12.3 Å². The molecule has 6 nitrogen and oxygen atoms in total. The number of hydrogen-bond donors (Lipinski definition) is 1. The summed E-state index contributed by atoms with van der Waals surface area (Å²) in [7, 11) is -4.01. The Bertz CT molecular complexity index is 1190. The zero-order chi connectivity index (χ0) is 23.3. The third kappa shape index (κ3) is 5.41. The Balaban J connectivity index is 1.93. The SMILES string of the molecule is CCOc1ccc(S(=O)(=O)N(CC(=O)Nc2cccc(Cl)c2C)c2ccc(C)cc2)cc1. The minimum atomic E-state index is -4.01. The lowest BCUT2D eigenvalue weighted by molar-refractivity contribution is -0.114. The molecule has 0 unspecified atom stereocenters. The van der Waals surface area contributed by atoms with E-state index in [0.29, 0.717) is 34.3 Å². The molecular weight excluding hydrogens is 448 g/mol. The first-order chi connectivity index (χ1) is 15.2. The minimum absolute atomic E-state index is 0.0632. The highest BCUT2D eigenvalue weighted by Crippen LogP contribution is 2.27. The summed E-state index contributed by atoms with van der Waals surface area (Å²) in [5, 5.41) is 3.28. The van der Waals surface area contributed by atoms with Gasteiger partial charge in [0, 0.05) is 10.7 Å². The van der Waals surface area contributed by atoms with Crippen molar-refractivity contribution in [1.29, 1.82) is 0 Å². The number of sulfonamides is 1. The summed E-state index contributed by atoms with van der Waals surface area (Å²) in [4.78, 5) is 12.9. The Kier molecular flexibility index (Phi) is 7.43. The number of benzene rings is 3. The third-order valence-electron chi connectivity index (χ3n) is 4.87. The van der Waals surface area contributed by atoms with Gasteiger partial charge < -0.3 is 10.1 Å². The van der Waals surface area contributed by atoms with Crippen LogP contribution >= 0.6 is 11.6 Å². The molecule has 0 heterocycles. The molecule has 0 aliphatic carbocycles.